The second-order valence-electron chi connectivity index (χ2n) is 6.20. The molecule has 1 aliphatic rings. The fraction of sp³-hybridized carbons (Fsp3) is 0.533. The van der Waals surface area contributed by atoms with Gasteiger partial charge in [-0.2, -0.15) is 0 Å². The minimum atomic E-state index is -0.461. The number of aromatic hydroxyl groups is 1. The Labute approximate surface area is 119 Å². The van der Waals surface area contributed by atoms with Gasteiger partial charge in [-0.15, -0.1) is 0 Å². The van der Waals surface area contributed by atoms with E-state index in [1.807, 2.05) is 32.9 Å². The minimum absolute atomic E-state index is 0.166. The lowest BCUT2D eigenvalue weighted by Crippen LogP contribution is -2.50. The highest BCUT2D eigenvalue weighted by atomic mass is 16.6. The van der Waals surface area contributed by atoms with Gasteiger partial charge in [0.05, 0.1) is 0 Å². The highest BCUT2D eigenvalue weighted by Gasteiger charge is 2.31. The normalized spacial score (nSPS) is 21.8. The zero-order valence-corrected chi connectivity index (χ0v) is 12.1. The van der Waals surface area contributed by atoms with E-state index in [-0.39, 0.29) is 17.9 Å². The SMILES string of the molecule is CC(C)(C)OC(=O)NC1CC(Nc2ccc(O)cc2)C1. The van der Waals surface area contributed by atoms with Crippen LogP contribution in [0.2, 0.25) is 0 Å². The standard InChI is InChI=1S/C15H22N2O3/c1-15(2,3)20-14(19)17-12-8-11(9-12)16-10-4-6-13(18)7-5-10/h4-7,11-12,16,18H,8-9H2,1-3H3,(H,17,19). The van der Waals surface area contributed by atoms with Crippen LogP contribution in [-0.2, 0) is 4.74 Å². The molecule has 0 bridgehead atoms. The molecule has 3 N–H and O–H groups in total. The summed E-state index contributed by atoms with van der Waals surface area (Å²) in [6.07, 6.45) is 1.39. The molecule has 0 atom stereocenters. The van der Waals surface area contributed by atoms with Crippen LogP contribution >= 0.6 is 0 Å². The van der Waals surface area contributed by atoms with Crippen molar-refractivity contribution < 1.29 is 14.6 Å². The third kappa shape index (κ3) is 4.33. The first kappa shape index (κ1) is 14.5. The Kier molecular flexibility index (Phi) is 4.06. The van der Waals surface area contributed by atoms with Crippen LogP contribution in [-0.4, -0.2) is 28.9 Å². The van der Waals surface area contributed by atoms with Crippen LogP contribution in [0.4, 0.5) is 10.5 Å². The predicted octanol–water partition coefficient (Wildman–Crippen LogP) is 2.86. The van der Waals surface area contributed by atoms with Crippen molar-refractivity contribution in [2.24, 2.45) is 0 Å². The summed E-state index contributed by atoms with van der Waals surface area (Å²) in [4.78, 5) is 11.6. The molecule has 0 heterocycles. The van der Waals surface area contributed by atoms with E-state index in [2.05, 4.69) is 10.6 Å². The van der Waals surface area contributed by atoms with Gasteiger partial charge in [0, 0.05) is 17.8 Å². The first-order chi connectivity index (χ1) is 9.32. The summed E-state index contributed by atoms with van der Waals surface area (Å²) in [5, 5.41) is 15.4. The molecule has 110 valence electrons. The van der Waals surface area contributed by atoms with Crippen LogP contribution < -0.4 is 10.6 Å². The van der Waals surface area contributed by atoms with Crippen molar-refractivity contribution in [3.63, 3.8) is 0 Å². The van der Waals surface area contributed by atoms with Gasteiger partial charge in [0.1, 0.15) is 11.4 Å². The Balaban J connectivity index is 1.70. The fourth-order valence-electron chi connectivity index (χ4n) is 2.12. The van der Waals surface area contributed by atoms with Gasteiger partial charge < -0.3 is 20.5 Å². The second-order valence-corrected chi connectivity index (χ2v) is 6.20. The average molecular weight is 278 g/mol. The first-order valence-corrected chi connectivity index (χ1v) is 6.87. The molecule has 1 aromatic carbocycles. The molecule has 5 nitrogen and oxygen atoms in total. The van der Waals surface area contributed by atoms with E-state index in [1.54, 1.807) is 12.1 Å². The predicted molar refractivity (Wildman–Crippen MR) is 77.9 cm³/mol. The molecule has 2 rings (SSSR count). The molecule has 20 heavy (non-hydrogen) atoms. The Morgan fingerprint density at radius 3 is 2.35 bits per heavy atom. The highest BCUT2D eigenvalue weighted by Crippen LogP contribution is 2.25. The summed E-state index contributed by atoms with van der Waals surface area (Å²) in [5.74, 6) is 0.258. The van der Waals surface area contributed by atoms with Crippen LogP contribution in [0.1, 0.15) is 33.6 Å². The maximum absolute atomic E-state index is 11.6. The molecule has 1 saturated carbocycles. The number of phenolic OH excluding ortho intramolecular Hbond substituents is 1. The summed E-state index contributed by atoms with van der Waals surface area (Å²) in [6.45, 7) is 5.55. The lowest BCUT2D eigenvalue weighted by atomic mass is 9.86. The summed E-state index contributed by atoms with van der Waals surface area (Å²) in [5.41, 5.74) is 0.515. The first-order valence-electron chi connectivity index (χ1n) is 6.87. The molecule has 0 aromatic heterocycles. The lowest BCUT2D eigenvalue weighted by Gasteiger charge is -2.37. The molecule has 0 saturated heterocycles. The Bertz CT molecular complexity index is 459. The molecule has 1 amide bonds. The number of carbonyl (C=O) groups excluding carboxylic acids is 1. The smallest absolute Gasteiger partial charge is 0.407 e. The molecule has 0 unspecified atom stereocenters. The van der Waals surface area contributed by atoms with Gasteiger partial charge in [-0.1, -0.05) is 0 Å². The fourth-order valence-corrected chi connectivity index (χ4v) is 2.12. The average Bonchev–Trinajstić information content (AvgIpc) is 2.26. The maximum Gasteiger partial charge on any atom is 0.407 e. The quantitative estimate of drug-likeness (QED) is 0.744. The largest absolute Gasteiger partial charge is 0.508 e. The molecule has 1 aliphatic carbocycles. The zero-order valence-electron chi connectivity index (χ0n) is 12.1. The number of amides is 1. The highest BCUT2D eigenvalue weighted by molar-refractivity contribution is 5.68. The van der Waals surface area contributed by atoms with E-state index in [0.29, 0.717) is 6.04 Å². The number of hydrogen-bond donors (Lipinski definition) is 3. The number of ether oxygens (including phenoxy) is 1. The van der Waals surface area contributed by atoms with Gasteiger partial charge in [0.2, 0.25) is 0 Å². The summed E-state index contributed by atoms with van der Waals surface area (Å²) >= 11 is 0. The number of anilines is 1. The van der Waals surface area contributed by atoms with Gasteiger partial charge in [0.25, 0.3) is 0 Å². The van der Waals surface area contributed by atoms with Crippen LogP contribution in [0.15, 0.2) is 24.3 Å². The van der Waals surface area contributed by atoms with Crippen LogP contribution in [0.5, 0.6) is 5.75 Å². The number of carbonyl (C=O) groups is 1. The third-order valence-corrected chi connectivity index (χ3v) is 3.10. The molecule has 0 radical (unpaired) electrons. The summed E-state index contributed by atoms with van der Waals surface area (Å²) < 4.78 is 5.21. The minimum Gasteiger partial charge on any atom is -0.508 e. The molecule has 5 heteroatoms. The number of rotatable bonds is 3. The molecule has 1 fully saturated rings. The van der Waals surface area contributed by atoms with Crippen molar-refractivity contribution in [1.29, 1.82) is 0 Å². The van der Waals surface area contributed by atoms with Crippen LogP contribution in [0.25, 0.3) is 0 Å². The lowest BCUT2D eigenvalue weighted by molar-refractivity contribution is 0.0475. The van der Waals surface area contributed by atoms with E-state index < -0.39 is 5.60 Å². The van der Waals surface area contributed by atoms with E-state index in [4.69, 9.17) is 4.74 Å². The number of benzene rings is 1. The number of phenols is 1. The number of hydrogen-bond acceptors (Lipinski definition) is 4. The number of alkyl carbamates (subject to hydrolysis) is 1. The third-order valence-electron chi connectivity index (χ3n) is 3.10. The Morgan fingerprint density at radius 1 is 1.20 bits per heavy atom. The van der Waals surface area contributed by atoms with Crippen LogP contribution in [0.3, 0.4) is 0 Å². The van der Waals surface area contributed by atoms with Gasteiger partial charge in [0.15, 0.2) is 0 Å². The van der Waals surface area contributed by atoms with Crippen molar-refractivity contribution in [2.45, 2.75) is 51.3 Å². The van der Waals surface area contributed by atoms with E-state index in [0.717, 1.165) is 18.5 Å². The van der Waals surface area contributed by atoms with Crippen molar-refractivity contribution >= 4 is 11.8 Å². The topological polar surface area (TPSA) is 70.6 Å². The van der Waals surface area contributed by atoms with Crippen molar-refractivity contribution in [1.82, 2.24) is 5.32 Å². The molecular weight excluding hydrogens is 256 g/mol. The monoisotopic (exact) mass is 278 g/mol. The van der Waals surface area contributed by atoms with Gasteiger partial charge in [-0.3, -0.25) is 0 Å². The Morgan fingerprint density at radius 2 is 1.80 bits per heavy atom. The maximum atomic E-state index is 11.6. The molecular formula is C15H22N2O3. The second kappa shape index (κ2) is 5.61. The van der Waals surface area contributed by atoms with Crippen molar-refractivity contribution in [3.05, 3.63) is 24.3 Å². The molecule has 0 spiro atoms. The van der Waals surface area contributed by atoms with E-state index in [9.17, 15) is 9.90 Å². The number of nitrogens with one attached hydrogen (secondary N) is 2. The zero-order chi connectivity index (χ0) is 14.8. The van der Waals surface area contributed by atoms with Crippen molar-refractivity contribution in [3.8, 4) is 5.75 Å². The molecule has 0 aliphatic heterocycles. The van der Waals surface area contributed by atoms with E-state index >= 15 is 0 Å². The molecule has 1 aromatic rings. The van der Waals surface area contributed by atoms with Gasteiger partial charge >= 0.3 is 6.09 Å². The van der Waals surface area contributed by atoms with Crippen LogP contribution in [0, 0.1) is 0 Å². The van der Waals surface area contributed by atoms with Gasteiger partial charge in [-0.25, -0.2) is 4.79 Å². The van der Waals surface area contributed by atoms with Crippen molar-refractivity contribution in [2.75, 3.05) is 5.32 Å². The summed E-state index contributed by atoms with van der Waals surface area (Å²) in [7, 11) is 0. The van der Waals surface area contributed by atoms with Gasteiger partial charge in [-0.05, 0) is 57.9 Å². The summed E-state index contributed by atoms with van der Waals surface area (Å²) in [6, 6.07) is 7.49. The Hall–Kier alpha value is -1.91. The van der Waals surface area contributed by atoms with E-state index in [1.165, 1.54) is 0 Å².